The van der Waals surface area contributed by atoms with E-state index in [9.17, 15) is 4.79 Å². The molecule has 0 spiro atoms. The van der Waals surface area contributed by atoms with Gasteiger partial charge in [0.25, 0.3) is 0 Å². The number of hydrogen-bond donors (Lipinski definition) is 1. The minimum Gasteiger partial charge on any atom is -0.476 e. The fourth-order valence-corrected chi connectivity index (χ4v) is 1.78. The number of aromatic nitrogens is 4. The number of rotatable bonds is 3. The van der Waals surface area contributed by atoms with Crippen LogP contribution in [0.25, 0.3) is 16.9 Å². The van der Waals surface area contributed by atoms with Crippen LogP contribution in [0.1, 0.15) is 10.5 Å². The summed E-state index contributed by atoms with van der Waals surface area (Å²) in [6, 6.07) is 9.83. The molecule has 0 unspecified atom stereocenters. The Morgan fingerprint density at radius 3 is 2.45 bits per heavy atom. The van der Waals surface area contributed by atoms with Crippen LogP contribution in [0.4, 0.5) is 0 Å². The topological polar surface area (TPSA) is 80.9 Å². The van der Waals surface area contributed by atoms with E-state index in [1.165, 1.54) is 12.4 Å². The molecule has 2 heterocycles. The van der Waals surface area contributed by atoms with Crippen LogP contribution in [0.15, 0.2) is 55.1 Å². The van der Waals surface area contributed by atoms with E-state index in [0.717, 1.165) is 11.1 Å². The van der Waals surface area contributed by atoms with Gasteiger partial charge in [0.05, 0.1) is 18.6 Å². The molecule has 0 aliphatic carbocycles. The summed E-state index contributed by atoms with van der Waals surface area (Å²) in [6.07, 6.45) is 6.13. The zero-order valence-electron chi connectivity index (χ0n) is 10.3. The summed E-state index contributed by atoms with van der Waals surface area (Å²) in [7, 11) is 0. The van der Waals surface area contributed by atoms with Crippen molar-refractivity contribution >= 4 is 5.97 Å². The molecular formula is C14H10N4O2. The molecule has 6 heteroatoms. The van der Waals surface area contributed by atoms with Crippen LogP contribution in [0.3, 0.4) is 0 Å². The molecule has 1 aromatic carbocycles. The quantitative estimate of drug-likeness (QED) is 0.784. The van der Waals surface area contributed by atoms with Gasteiger partial charge >= 0.3 is 5.97 Å². The highest BCUT2D eigenvalue weighted by Gasteiger charge is 2.07. The van der Waals surface area contributed by atoms with Crippen molar-refractivity contribution in [3.63, 3.8) is 0 Å². The summed E-state index contributed by atoms with van der Waals surface area (Å²) in [4.78, 5) is 18.6. The van der Waals surface area contributed by atoms with E-state index in [4.69, 9.17) is 5.11 Å². The van der Waals surface area contributed by atoms with Crippen molar-refractivity contribution in [1.82, 2.24) is 19.7 Å². The van der Waals surface area contributed by atoms with Crippen LogP contribution in [-0.4, -0.2) is 30.8 Å². The molecule has 3 rings (SSSR count). The Morgan fingerprint density at radius 2 is 1.80 bits per heavy atom. The lowest BCUT2D eigenvalue weighted by Crippen LogP contribution is -2.04. The van der Waals surface area contributed by atoms with Crippen molar-refractivity contribution in [1.29, 1.82) is 0 Å². The lowest BCUT2D eigenvalue weighted by Gasteiger charge is -1.99. The molecule has 0 fully saturated rings. The molecule has 98 valence electrons. The predicted octanol–water partition coefficient (Wildman–Crippen LogP) is 2.03. The Balaban J connectivity index is 1.92. The smallest absolute Gasteiger partial charge is 0.356 e. The first-order valence-electron chi connectivity index (χ1n) is 5.90. The first-order valence-corrected chi connectivity index (χ1v) is 5.90. The second kappa shape index (κ2) is 4.93. The van der Waals surface area contributed by atoms with Gasteiger partial charge in [0, 0.05) is 11.8 Å². The van der Waals surface area contributed by atoms with Crippen molar-refractivity contribution in [2.45, 2.75) is 0 Å². The molecule has 0 bridgehead atoms. The van der Waals surface area contributed by atoms with Gasteiger partial charge in [-0.05, 0) is 5.56 Å². The zero-order chi connectivity index (χ0) is 13.9. The number of hydrogen-bond acceptors (Lipinski definition) is 4. The van der Waals surface area contributed by atoms with Gasteiger partial charge in [0.2, 0.25) is 0 Å². The molecule has 20 heavy (non-hydrogen) atoms. The van der Waals surface area contributed by atoms with E-state index < -0.39 is 5.97 Å². The first kappa shape index (κ1) is 12.0. The average molecular weight is 266 g/mol. The van der Waals surface area contributed by atoms with E-state index in [1.807, 2.05) is 36.5 Å². The number of aromatic carboxylic acids is 1. The maximum absolute atomic E-state index is 10.7. The molecule has 1 N–H and O–H groups in total. The molecule has 0 aliphatic heterocycles. The van der Waals surface area contributed by atoms with E-state index in [2.05, 4.69) is 15.1 Å². The van der Waals surface area contributed by atoms with Crippen molar-refractivity contribution in [3.8, 4) is 16.9 Å². The number of nitrogens with zero attached hydrogens (tertiary/aromatic N) is 4. The van der Waals surface area contributed by atoms with Crippen molar-refractivity contribution in [2.75, 3.05) is 0 Å². The van der Waals surface area contributed by atoms with Gasteiger partial charge in [-0.25, -0.2) is 19.4 Å². The van der Waals surface area contributed by atoms with Gasteiger partial charge in [-0.15, -0.1) is 0 Å². The fraction of sp³-hybridized carbons (Fsp3) is 0. The summed E-state index contributed by atoms with van der Waals surface area (Å²) in [5.74, 6) is -0.633. The molecule has 2 aromatic heterocycles. The Kier molecular flexibility index (Phi) is 2.96. The molecule has 0 atom stereocenters. The molecule has 6 nitrogen and oxygen atoms in total. The van der Waals surface area contributed by atoms with E-state index in [1.54, 1.807) is 10.9 Å². The maximum atomic E-state index is 10.7. The number of carboxylic acids is 1. The van der Waals surface area contributed by atoms with Crippen LogP contribution in [-0.2, 0) is 0 Å². The third-order valence-electron chi connectivity index (χ3n) is 2.78. The highest BCUT2D eigenvalue weighted by molar-refractivity contribution is 5.84. The van der Waals surface area contributed by atoms with E-state index in [-0.39, 0.29) is 5.69 Å². The van der Waals surface area contributed by atoms with E-state index >= 15 is 0 Å². The number of carboxylic acid groups (broad SMARTS) is 1. The van der Waals surface area contributed by atoms with Crippen LogP contribution < -0.4 is 0 Å². The first-order chi connectivity index (χ1) is 9.74. The van der Waals surface area contributed by atoms with Gasteiger partial charge in [-0.2, -0.15) is 5.10 Å². The number of carbonyl (C=O) groups is 1. The van der Waals surface area contributed by atoms with Crippen LogP contribution in [0.2, 0.25) is 0 Å². The maximum Gasteiger partial charge on any atom is 0.356 e. The average Bonchev–Trinajstić information content (AvgIpc) is 2.98. The third kappa shape index (κ3) is 2.26. The number of benzene rings is 1. The van der Waals surface area contributed by atoms with E-state index in [0.29, 0.717) is 5.82 Å². The summed E-state index contributed by atoms with van der Waals surface area (Å²) >= 11 is 0. The van der Waals surface area contributed by atoms with Crippen molar-refractivity contribution in [3.05, 3.63) is 60.8 Å². The minimum atomic E-state index is -1.10. The lowest BCUT2D eigenvalue weighted by molar-refractivity contribution is 0.0690. The normalized spacial score (nSPS) is 10.4. The Labute approximate surface area is 114 Å². The third-order valence-corrected chi connectivity index (χ3v) is 2.78. The molecule has 0 saturated heterocycles. The molecule has 3 aromatic rings. The summed E-state index contributed by atoms with van der Waals surface area (Å²) in [5.41, 5.74) is 1.91. The molecule has 0 aliphatic rings. The van der Waals surface area contributed by atoms with Crippen molar-refractivity contribution < 1.29 is 9.90 Å². The van der Waals surface area contributed by atoms with Gasteiger partial charge in [0.1, 0.15) is 0 Å². The standard InChI is InChI=1S/C14H10N4O2/c19-14(20)12-7-16-13(8-15-12)18-9-11(6-17-18)10-4-2-1-3-5-10/h1-9H,(H,19,20). The molecular weight excluding hydrogens is 256 g/mol. The van der Waals surface area contributed by atoms with Crippen LogP contribution in [0.5, 0.6) is 0 Å². The lowest BCUT2D eigenvalue weighted by atomic mass is 10.1. The largest absolute Gasteiger partial charge is 0.476 e. The highest BCUT2D eigenvalue weighted by atomic mass is 16.4. The van der Waals surface area contributed by atoms with Gasteiger partial charge in [-0.3, -0.25) is 0 Å². The molecule has 0 radical (unpaired) electrons. The summed E-state index contributed by atoms with van der Waals surface area (Å²) < 4.78 is 1.56. The second-order valence-corrected chi connectivity index (χ2v) is 4.10. The van der Waals surface area contributed by atoms with Gasteiger partial charge in [0.15, 0.2) is 11.5 Å². The SMILES string of the molecule is O=C(O)c1cnc(-n2cc(-c3ccccc3)cn2)cn1. The fourth-order valence-electron chi connectivity index (χ4n) is 1.78. The van der Waals surface area contributed by atoms with Crippen LogP contribution >= 0.6 is 0 Å². The zero-order valence-corrected chi connectivity index (χ0v) is 10.3. The Morgan fingerprint density at radius 1 is 1.00 bits per heavy atom. The second-order valence-electron chi connectivity index (χ2n) is 4.10. The Bertz CT molecular complexity index is 735. The van der Waals surface area contributed by atoms with Crippen LogP contribution in [0, 0.1) is 0 Å². The minimum absolute atomic E-state index is 0.0933. The van der Waals surface area contributed by atoms with Gasteiger partial charge in [-0.1, -0.05) is 30.3 Å². The predicted molar refractivity (Wildman–Crippen MR) is 71.5 cm³/mol. The highest BCUT2D eigenvalue weighted by Crippen LogP contribution is 2.18. The van der Waals surface area contributed by atoms with Gasteiger partial charge < -0.3 is 5.11 Å². The summed E-state index contributed by atoms with van der Waals surface area (Å²) in [5, 5.41) is 13.0. The molecule has 0 amide bonds. The monoisotopic (exact) mass is 266 g/mol. The molecule has 0 saturated carbocycles. The van der Waals surface area contributed by atoms with Crippen molar-refractivity contribution in [2.24, 2.45) is 0 Å². The Hall–Kier alpha value is -3.02. The summed E-state index contributed by atoms with van der Waals surface area (Å²) in [6.45, 7) is 0.